The van der Waals surface area contributed by atoms with Gasteiger partial charge in [0.2, 0.25) is 0 Å². The minimum Gasteiger partial charge on any atom is -0.444 e. The zero-order valence-corrected chi connectivity index (χ0v) is 9.22. The number of aromatic nitrogens is 2. The summed E-state index contributed by atoms with van der Waals surface area (Å²) in [6, 6.07) is 0. The third-order valence-corrected chi connectivity index (χ3v) is 2.15. The summed E-state index contributed by atoms with van der Waals surface area (Å²) in [6.07, 6.45) is 8.46. The van der Waals surface area contributed by atoms with E-state index in [9.17, 15) is 0 Å². The van der Waals surface area contributed by atoms with Crippen LogP contribution in [0.2, 0.25) is 0 Å². The predicted molar refractivity (Wildman–Crippen MR) is 59.8 cm³/mol. The summed E-state index contributed by atoms with van der Waals surface area (Å²) in [7, 11) is 0. The number of aryl methyl sites for hydroxylation is 1. The highest BCUT2D eigenvalue weighted by molar-refractivity contribution is 5.16. The van der Waals surface area contributed by atoms with Crippen molar-refractivity contribution in [2.75, 3.05) is 0 Å². The molecule has 0 aliphatic carbocycles. The molecule has 0 N–H and O–H groups in total. The van der Waals surface area contributed by atoms with Gasteiger partial charge in [-0.1, -0.05) is 19.9 Å². The number of imidazole rings is 1. The summed E-state index contributed by atoms with van der Waals surface area (Å²) in [5.41, 5.74) is 0. The van der Waals surface area contributed by atoms with Crippen molar-refractivity contribution in [2.24, 2.45) is 5.34 Å². The van der Waals surface area contributed by atoms with Gasteiger partial charge in [0.25, 0.3) is 5.82 Å². The Labute approximate surface area is 89.6 Å². The second kappa shape index (κ2) is 7.73. The zero-order chi connectivity index (χ0) is 11.7. The Balaban J connectivity index is 0.000000583. The standard InChI is InChI=1S/C10H17N2.HNO2/c1-4-6-7-12-9-8-11(5-2)10(12)3;2-1-3/h5,8-9H,2,4,6-7H2,1,3H3;(H,2,3)/q+1;/p-1. The Morgan fingerprint density at radius 1 is 1.73 bits per heavy atom. The Morgan fingerprint density at radius 3 is 2.73 bits per heavy atom. The van der Waals surface area contributed by atoms with E-state index in [0.717, 1.165) is 11.9 Å². The fourth-order valence-corrected chi connectivity index (χ4v) is 1.27. The number of unbranched alkanes of at least 4 members (excludes halogenated alkanes) is 1. The highest BCUT2D eigenvalue weighted by atomic mass is 16.6. The van der Waals surface area contributed by atoms with E-state index in [1.165, 1.54) is 18.7 Å². The maximum absolute atomic E-state index is 8.00. The molecule has 0 aliphatic heterocycles. The third kappa shape index (κ3) is 4.39. The lowest BCUT2D eigenvalue weighted by molar-refractivity contribution is -0.702. The Bertz CT molecular complexity index is 308. The molecule has 1 aromatic heterocycles. The maximum Gasteiger partial charge on any atom is 0.257 e. The van der Waals surface area contributed by atoms with E-state index in [1.807, 2.05) is 17.0 Å². The average molecular weight is 211 g/mol. The van der Waals surface area contributed by atoms with Crippen molar-refractivity contribution in [3.63, 3.8) is 0 Å². The lowest BCUT2D eigenvalue weighted by atomic mass is 10.3. The van der Waals surface area contributed by atoms with E-state index in [4.69, 9.17) is 10.1 Å². The van der Waals surface area contributed by atoms with Gasteiger partial charge in [-0.05, 0) is 6.42 Å². The molecule has 0 aliphatic rings. The van der Waals surface area contributed by atoms with E-state index >= 15 is 0 Å². The molecule has 5 nitrogen and oxygen atoms in total. The van der Waals surface area contributed by atoms with Crippen molar-refractivity contribution < 1.29 is 4.57 Å². The quantitative estimate of drug-likeness (QED) is 0.435. The van der Waals surface area contributed by atoms with E-state index in [-0.39, 0.29) is 0 Å². The summed E-state index contributed by atoms with van der Waals surface area (Å²) in [6.45, 7) is 9.17. The smallest absolute Gasteiger partial charge is 0.257 e. The first kappa shape index (κ1) is 13.4. The molecule has 0 unspecified atom stereocenters. The molecule has 0 aromatic carbocycles. The van der Waals surface area contributed by atoms with Gasteiger partial charge in [0.05, 0.1) is 12.7 Å². The number of rotatable bonds is 4. The first-order valence-electron chi connectivity index (χ1n) is 4.85. The molecule has 0 saturated carbocycles. The van der Waals surface area contributed by atoms with Crippen LogP contribution >= 0.6 is 0 Å². The molecule has 1 aromatic rings. The molecule has 1 rings (SSSR count). The summed E-state index contributed by atoms with van der Waals surface area (Å²) < 4.78 is 4.29. The van der Waals surface area contributed by atoms with Crippen LogP contribution in [-0.2, 0) is 6.54 Å². The van der Waals surface area contributed by atoms with Crippen molar-refractivity contribution in [1.29, 1.82) is 0 Å². The van der Waals surface area contributed by atoms with Crippen LogP contribution in [0.5, 0.6) is 0 Å². The van der Waals surface area contributed by atoms with Gasteiger partial charge in [0, 0.05) is 6.92 Å². The van der Waals surface area contributed by atoms with Crippen LogP contribution in [0.4, 0.5) is 0 Å². The van der Waals surface area contributed by atoms with E-state index < -0.39 is 0 Å². The molecule has 1 heterocycles. The summed E-state index contributed by atoms with van der Waals surface area (Å²) in [4.78, 5) is 8.00. The van der Waals surface area contributed by atoms with Gasteiger partial charge in [-0.25, -0.2) is 9.13 Å². The van der Waals surface area contributed by atoms with Crippen LogP contribution < -0.4 is 4.57 Å². The molecule has 5 heteroatoms. The fraction of sp³-hybridized carbons (Fsp3) is 0.500. The van der Waals surface area contributed by atoms with E-state index in [2.05, 4.69) is 31.2 Å². The Hall–Kier alpha value is -1.65. The molecule has 0 bridgehead atoms. The number of hydrogen-bond donors (Lipinski definition) is 0. The second-order valence-electron chi connectivity index (χ2n) is 3.06. The van der Waals surface area contributed by atoms with Gasteiger partial charge < -0.3 is 10.1 Å². The minimum absolute atomic E-state index is 1.00. The van der Waals surface area contributed by atoms with Crippen LogP contribution in [0.1, 0.15) is 25.6 Å². The molecule has 0 saturated heterocycles. The molecule has 84 valence electrons. The average Bonchev–Trinajstić information content (AvgIpc) is 2.57. The van der Waals surface area contributed by atoms with Gasteiger partial charge in [-0.3, -0.25) is 0 Å². The topological polar surface area (TPSA) is 61.3 Å². The highest BCUT2D eigenvalue weighted by Gasteiger charge is 2.07. The van der Waals surface area contributed by atoms with Crippen LogP contribution in [0.3, 0.4) is 0 Å². The molecule has 0 atom stereocenters. The Kier molecular flexibility index (Phi) is 6.88. The zero-order valence-electron chi connectivity index (χ0n) is 9.22. The first-order chi connectivity index (χ1) is 7.21. The van der Waals surface area contributed by atoms with Crippen molar-refractivity contribution in [3.8, 4) is 0 Å². The van der Waals surface area contributed by atoms with Gasteiger partial charge in [-0.15, -0.1) is 5.34 Å². The van der Waals surface area contributed by atoms with Gasteiger partial charge in [-0.2, -0.15) is 0 Å². The first-order valence-corrected chi connectivity index (χ1v) is 4.85. The van der Waals surface area contributed by atoms with E-state index in [0.29, 0.717) is 0 Å². The molecule has 0 amide bonds. The van der Waals surface area contributed by atoms with Crippen molar-refractivity contribution in [3.05, 3.63) is 34.9 Å². The fourth-order valence-electron chi connectivity index (χ4n) is 1.27. The van der Waals surface area contributed by atoms with Gasteiger partial charge in [0.1, 0.15) is 12.4 Å². The highest BCUT2D eigenvalue weighted by Crippen LogP contribution is 1.95. The number of nitrogens with zero attached hydrogens (tertiary/aromatic N) is 3. The SMILES string of the molecule is C=Cn1cc[n+](CCCC)c1C.O=N[O-]. The minimum atomic E-state index is 1.00. The molecule has 0 fully saturated rings. The van der Waals surface area contributed by atoms with Crippen LogP contribution in [0.25, 0.3) is 6.20 Å². The predicted octanol–water partition coefficient (Wildman–Crippen LogP) is 2.24. The van der Waals surface area contributed by atoms with Crippen molar-refractivity contribution in [1.82, 2.24) is 4.57 Å². The van der Waals surface area contributed by atoms with E-state index in [1.54, 1.807) is 0 Å². The summed E-state index contributed by atoms with van der Waals surface area (Å²) in [5, 5.41) is 9.00. The second-order valence-corrected chi connectivity index (χ2v) is 3.06. The maximum atomic E-state index is 8.00. The van der Waals surface area contributed by atoms with Crippen LogP contribution in [0.15, 0.2) is 24.3 Å². The molecule has 0 radical (unpaired) electrons. The monoisotopic (exact) mass is 211 g/mol. The lowest BCUT2D eigenvalue weighted by Crippen LogP contribution is -2.35. The Morgan fingerprint density at radius 2 is 2.33 bits per heavy atom. The van der Waals surface area contributed by atoms with Crippen LogP contribution in [-0.4, -0.2) is 4.57 Å². The largest absolute Gasteiger partial charge is 0.444 e. The number of hydrogen-bond acceptors (Lipinski definition) is 3. The normalized spacial score (nSPS) is 8.93. The van der Waals surface area contributed by atoms with Crippen LogP contribution in [0, 0.1) is 17.0 Å². The lowest BCUT2D eigenvalue weighted by Gasteiger charge is -1.96. The van der Waals surface area contributed by atoms with Gasteiger partial charge in [0.15, 0.2) is 0 Å². The molecular formula is C10H17N3O2. The molecule has 15 heavy (non-hydrogen) atoms. The molecule has 0 spiro atoms. The summed E-state index contributed by atoms with van der Waals surface area (Å²) >= 11 is 0. The van der Waals surface area contributed by atoms with Crippen molar-refractivity contribution >= 4 is 6.20 Å². The summed E-state index contributed by atoms with van der Waals surface area (Å²) in [5.74, 6) is 1.25. The van der Waals surface area contributed by atoms with Crippen molar-refractivity contribution in [2.45, 2.75) is 33.2 Å². The molecular weight excluding hydrogens is 194 g/mol. The third-order valence-electron chi connectivity index (χ3n) is 2.15. The van der Waals surface area contributed by atoms with Gasteiger partial charge >= 0.3 is 0 Å².